The number of anilines is 1. The van der Waals surface area contributed by atoms with Crippen LogP contribution in [0.25, 0.3) is 0 Å². The quantitative estimate of drug-likeness (QED) is 0.860. The standard InChI is InChI=1S/C14H21N3O/c18-13-8-12(16-14(17-13)11-6-7-11)15-9-10-4-2-1-3-5-10/h8,10-11H,1-7,9H2,(H2,15,16,17,18). The summed E-state index contributed by atoms with van der Waals surface area (Å²) < 4.78 is 0. The largest absolute Gasteiger partial charge is 0.370 e. The van der Waals surface area contributed by atoms with Gasteiger partial charge in [-0.05, 0) is 31.6 Å². The van der Waals surface area contributed by atoms with Crippen molar-refractivity contribution in [2.45, 2.75) is 50.9 Å². The Morgan fingerprint density at radius 2 is 2.00 bits per heavy atom. The van der Waals surface area contributed by atoms with Crippen LogP contribution < -0.4 is 10.9 Å². The van der Waals surface area contributed by atoms with Gasteiger partial charge in [0.15, 0.2) is 0 Å². The van der Waals surface area contributed by atoms with E-state index < -0.39 is 0 Å². The molecule has 2 saturated carbocycles. The van der Waals surface area contributed by atoms with E-state index in [9.17, 15) is 4.79 Å². The third-order valence-electron chi connectivity index (χ3n) is 4.02. The molecule has 0 bridgehead atoms. The Labute approximate surface area is 107 Å². The van der Waals surface area contributed by atoms with Crippen LogP contribution in [-0.2, 0) is 0 Å². The maximum Gasteiger partial charge on any atom is 0.252 e. The summed E-state index contributed by atoms with van der Waals surface area (Å²) in [6, 6.07) is 1.58. The number of aromatic amines is 1. The summed E-state index contributed by atoms with van der Waals surface area (Å²) in [6.07, 6.45) is 9.03. The maximum atomic E-state index is 11.6. The van der Waals surface area contributed by atoms with Crippen molar-refractivity contribution in [2.24, 2.45) is 5.92 Å². The van der Waals surface area contributed by atoms with Gasteiger partial charge in [0.2, 0.25) is 0 Å². The molecule has 0 aromatic carbocycles. The van der Waals surface area contributed by atoms with Gasteiger partial charge in [-0.25, -0.2) is 4.98 Å². The zero-order valence-corrected chi connectivity index (χ0v) is 10.7. The van der Waals surface area contributed by atoms with Crippen LogP contribution in [0.1, 0.15) is 56.7 Å². The molecule has 0 amide bonds. The summed E-state index contributed by atoms with van der Waals surface area (Å²) in [4.78, 5) is 18.9. The van der Waals surface area contributed by atoms with Crippen molar-refractivity contribution in [3.05, 3.63) is 22.2 Å². The first-order valence-corrected chi connectivity index (χ1v) is 7.16. The van der Waals surface area contributed by atoms with Crippen molar-refractivity contribution in [1.29, 1.82) is 0 Å². The van der Waals surface area contributed by atoms with Gasteiger partial charge in [-0.3, -0.25) is 4.79 Å². The van der Waals surface area contributed by atoms with Gasteiger partial charge < -0.3 is 10.3 Å². The molecule has 0 radical (unpaired) electrons. The first-order chi connectivity index (χ1) is 8.81. The highest BCUT2D eigenvalue weighted by molar-refractivity contribution is 5.34. The van der Waals surface area contributed by atoms with E-state index >= 15 is 0 Å². The average Bonchev–Trinajstić information content (AvgIpc) is 3.21. The number of H-pyrrole nitrogens is 1. The number of nitrogens with one attached hydrogen (secondary N) is 2. The Bertz CT molecular complexity index is 458. The Hall–Kier alpha value is -1.32. The average molecular weight is 247 g/mol. The van der Waals surface area contributed by atoms with Gasteiger partial charge in [0.05, 0.1) is 0 Å². The third-order valence-corrected chi connectivity index (χ3v) is 4.02. The van der Waals surface area contributed by atoms with E-state index in [0.29, 0.717) is 5.92 Å². The maximum absolute atomic E-state index is 11.6. The Morgan fingerprint density at radius 3 is 2.72 bits per heavy atom. The van der Waals surface area contributed by atoms with Gasteiger partial charge in [-0.1, -0.05) is 19.3 Å². The predicted octanol–water partition coefficient (Wildman–Crippen LogP) is 2.64. The number of nitrogens with zero attached hydrogens (tertiary/aromatic N) is 1. The molecule has 2 N–H and O–H groups in total. The summed E-state index contributed by atoms with van der Waals surface area (Å²) in [5, 5.41) is 3.35. The van der Waals surface area contributed by atoms with Gasteiger partial charge in [0.1, 0.15) is 11.6 Å². The van der Waals surface area contributed by atoms with Crippen LogP contribution >= 0.6 is 0 Å². The van der Waals surface area contributed by atoms with Crippen molar-refractivity contribution in [2.75, 3.05) is 11.9 Å². The highest BCUT2D eigenvalue weighted by atomic mass is 16.1. The summed E-state index contributed by atoms with van der Waals surface area (Å²) >= 11 is 0. The van der Waals surface area contributed by atoms with Gasteiger partial charge in [-0.2, -0.15) is 0 Å². The summed E-state index contributed by atoms with van der Waals surface area (Å²) in [5.74, 6) is 2.87. The predicted molar refractivity (Wildman–Crippen MR) is 71.9 cm³/mol. The van der Waals surface area contributed by atoms with Gasteiger partial charge >= 0.3 is 0 Å². The molecule has 1 heterocycles. The number of rotatable bonds is 4. The summed E-state index contributed by atoms with van der Waals surface area (Å²) in [5.41, 5.74) is -0.0296. The molecule has 2 aliphatic rings. The second kappa shape index (κ2) is 5.12. The molecule has 18 heavy (non-hydrogen) atoms. The molecular weight excluding hydrogens is 226 g/mol. The number of hydrogen-bond donors (Lipinski definition) is 2. The van der Waals surface area contributed by atoms with E-state index in [-0.39, 0.29) is 5.56 Å². The van der Waals surface area contributed by atoms with Crippen LogP contribution in [0.3, 0.4) is 0 Å². The van der Waals surface area contributed by atoms with Crippen molar-refractivity contribution in [3.8, 4) is 0 Å². The Kier molecular flexibility index (Phi) is 3.35. The lowest BCUT2D eigenvalue weighted by atomic mass is 9.89. The molecule has 0 atom stereocenters. The summed E-state index contributed by atoms with van der Waals surface area (Å²) in [7, 11) is 0. The van der Waals surface area contributed by atoms with Crippen molar-refractivity contribution in [1.82, 2.24) is 9.97 Å². The van der Waals surface area contributed by atoms with Crippen LogP contribution in [0.2, 0.25) is 0 Å². The molecule has 98 valence electrons. The fraction of sp³-hybridized carbons (Fsp3) is 0.714. The van der Waals surface area contributed by atoms with E-state index in [1.165, 1.54) is 32.1 Å². The first-order valence-electron chi connectivity index (χ1n) is 7.16. The SMILES string of the molecule is O=c1cc(NCC2CCCCC2)nc(C2CC2)[nH]1. The molecular formula is C14H21N3O. The van der Waals surface area contributed by atoms with E-state index in [1.807, 2.05) is 0 Å². The topological polar surface area (TPSA) is 57.8 Å². The highest BCUT2D eigenvalue weighted by Crippen LogP contribution is 2.37. The van der Waals surface area contributed by atoms with Crippen molar-refractivity contribution >= 4 is 5.82 Å². The minimum Gasteiger partial charge on any atom is -0.370 e. The molecule has 2 aliphatic carbocycles. The second-order valence-electron chi connectivity index (χ2n) is 5.68. The Balaban J connectivity index is 1.62. The van der Waals surface area contributed by atoms with E-state index in [1.54, 1.807) is 6.07 Å². The summed E-state index contributed by atoms with van der Waals surface area (Å²) in [6.45, 7) is 0.959. The number of aromatic nitrogens is 2. The lowest BCUT2D eigenvalue weighted by molar-refractivity contribution is 0.373. The Morgan fingerprint density at radius 1 is 1.22 bits per heavy atom. The fourth-order valence-corrected chi connectivity index (χ4v) is 2.76. The third kappa shape index (κ3) is 2.92. The zero-order chi connectivity index (χ0) is 12.4. The minimum absolute atomic E-state index is 0.0296. The van der Waals surface area contributed by atoms with Gasteiger partial charge in [-0.15, -0.1) is 0 Å². The molecule has 0 spiro atoms. The lowest BCUT2D eigenvalue weighted by Crippen LogP contribution is -2.20. The van der Waals surface area contributed by atoms with Crippen LogP contribution in [0, 0.1) is 5.92 Å². The monoisotopic (exact) mass is 247 g/mol. The molecule has 1 aromatic heterocycles. The molecule has 3 rings (SSSR count). The molecule has 4 heteroatoms. The number of hydrogen-bond acceptors (Lipinski definition) is 3. The highest BCUT2D eigenvalue weighted by Gasteiger charge is 2.26. The van der Waals surface area contributed by atoms with E-state index in [2.05, 4.69) is 15.3 Å². The van der Waals surface area contributed by atoms with Crippen LogP contribution in [0.5, 0.6) is 0 Å². The van der Waals surface area contributed by atoms with Crippen LogP contribution in [-0.4, -0.2) is 16.5 Å². The van der Waals surface area contributed by atoms with E-state index in [0.717, 1.165) is 36.9 Å². The van der Waals surface area contributed by atoms with E-state index in [4.69, 9.17) is 0 Å². The zero-order valence-electron chi connectivity index (χ0n) is 10.7. The molecule has 0 saturated heterocycles. The molecule has 2 fully saturated rings. The molecule has 0 unspecified atom stereocenters. The molecule has 4 nitrogen and oxygen atoms in total. The second-order valence-corrected chi connectivity index (χ2v) is 5.68. The first kappa shape index (κ1) is 11.8. The minimum atomic E-state index is -0.0296. The van der Waals surface area contributed by atoms with Gasteiger partial charge in [0.25, 0.3) is 5.56 Å². The van der Waals surface area contributed by atoms with Gasteiger partial charge in [0, 0.05) is 18.5 Å². The smallest absolute Gasteiger partial charge is 0.252 e. The molecule has 0 aliphatic heterocycles. The normalized spacial score (nSPS) is 20.9. The lowest BCUT2D eigenvalue weighted by Gasteiger charge is -2.21. The van der Waals surface area contributed by atoms with Crippen molar-refractivity contribution < 1.29 is 0 Å². The van der Waals surface area contributed by atoms with Crippen LogP contribution in [0.4, 0.5) is 5.82 Å². The van der Waals surface area contributed by atoms with Crippen LogP contribution in [0.15, 0.2) is 10.9 Å². The fourth-order valence-electron chi connectivity index (χ4n) is 2.76. The van der Waals surface area contributed by atoms with Crippen molar-refractivity contribution in [3.63, 3.8) is 0 Å². The molecule has 1 aromatic rings.